The van der Waals surface area contributed by atoms with E-state index in [-0.39, 0.29) is 23.4 Å². The number of aliphatic carboxylic acids is 1. The highest BCUT2D eigenvalue weighted by Gasteiger charge is 2.36. The molecule has 0 bridgehead atoms. The number of halogens is 1. The van der Waals surface area contributed by atoms with E-state index in [1.165, 1.54) is 6.07 Å². The largest absolute Gasteiger partial charge is 0.490 e. The zero-order valence-corrected chi connectivity index (χ0v) is 16.9. The van der Waals surface area contributed by atoms with Crippen LogP contribution in [0.5, 0.6) is 5.75 Å². The second-order valence-corrected chi connectivity index (χ2v) is 8.16. The number of rotatable bonds is 5. The summed E-state index contributed by atoms with van der Waals surface area (Å²) in [6.07, 6.45) is 0.760. The zero-order chi connectivity index (χ0) is 20.7. The number of carboxylic acids is 1. The van der Waals surface area contributed by atoms with Gasteiger partial charge in [0.25, 0.3) is 0 Å². The maximum atomic E-state index is 12.6. The van der Waals surface area contributed by atoms with Crippen LogP contribution in [0.2, 0.25) is 5.02 Å². The molecule has 1 aromatic heterocycles. The molecule has 1 aliphatic rings. The van der Waals surface area contributed by atoms with E-state index in [1.54, 1.807) is 18.2 Å². The lowest BCUT2D eigenvalue weighted by molar-refractivity contribution is -0.147. The van der Waals surface area contributed by atoms with Crippen molar-refractivity contribution < 1.29 is 19.1 Å². The summed E-state index contributed by atoms with van der Waals surface area (Å²) in [7, 11) is 0. The smallest absolute Gasteiger partial charge is 0.306 e. The lowest BCUT2D eigenvalue weighted by Gasteiger charge is -2.33. The summed E-state index contributed by atoms with van der Waals surface area (Å²) < 4.78 is 12.1. The summed E-state index contributed by atoms with van der Waals surface area (Å²) in [6, 6.07) is 12.3. The third-order valence-electron chi connectivity index (χ3n) is 5.38. The van der Waals surface area contributed by atoms with E-state index in [0.717, 1.165) is 5.56 Å². The molecule has 2 aromatic carbocycles. The summed E-state index contributed by atoms with van der Waals surface area (Å²) in [4.78, 5) is 23.7. The standard InChI is InChI=1S/C23H21ClO5/c1-12(2)13-6-7-17(20(10-13)28-15-8-14(9-15)23(26)27)21-11-19(25)16-4-3-5-18(24)22(16)29-21/h3-7,10-12,14-15H,8-9H2,1-2H3,(H,26,27)/t14-,15-. The van der Waals surface area contributed by atoms with Crippen molar-refractivity contribution >= 4 is 28.5 Å². The quantitative estimate of drug-likeness (QED) is 0.600. The Morgan fingerprint density at radius 1 is 1.21 bits per heavy atom. The maximum Gasteiger partial charge on any atom is 0.306 e. The fraction of sp³-hybridized carbons (Fsp3) is 0.304. The van der Waals surface area contributed by atoms with Crippen molar-refractivity contribution in [3.05, 3.63) is 63.3 Å². The van der Waals surface area contributed by atoms with Gasteiger partial charge in [-0.2, -0.15) is 0 Å². The number of para-hydroxylation sites is 1. The molecule has 3 aromatic rings. The molecular weight excluding hydrogens is 392 g/mol. The molecule has 4 rings (SSSR count). The van der Waals surface area contributed by atoms with Gasteiger partial charge in [-0.3, -0.25) is 9.59 Å². The Balaban J connectivity index is 1.77. The first-order chi connectivity index (χ1) is 13.8. The topological polar surface area (TPSA) is 76.7 Å². The van der Waals surface area contributed by atoms with Crippen molar-refractivity contribution in [1.82, 2.24) is 0 Å². The van der Waals surface area contributed by atoms with E-state index in [1.807, 2.05) is 18.2 Å². The average Bonchev–Trinajstić information content (AvgIpc) is 2.64. The summed E-state index contributed by atoms with van der Waals surface area (Å²) in [5.41, 5.74) is 1.88. The Labute approximate surface area is 172 Å². The van der Waals surface area contributed by atoms with Crippen molar-refractivity contribution in [2.24, 2.45) is 5.92 Å². The fourth-order valence-electron chi connectivity index (χ4n) is 3.52. The lowest BCUT2D eigenvalue weighted by atomic mass is 9.82. The van der Waals surface area contributed by atoms with Gasteiger partial charge >= 0.3 is 5.97 Å². The molecule has 0 atom stereocenters. The van der Waals surface area contributed by atoms with Gasteiger partial charge in [0.15, 0.2) is 11.0 Å². The van der Waals surface area contributed by atoms with Gasteiger partial charge in [-0.25, -0.2) is 0 Å². The van der Waals surface area contributed by atoms with Crippen LogP contribution in [0, 0.1) is 5.92 Å². The summed E-state index contributed by atoms with van der Waals surface area (Å²) in [5.74, 6) is 0.0810. The molecule has 150 valence electrons. The molecule has 1 aliphatic carbocycles. The number of carboxylic acid groups (broad SMARTS) is 1. The summed E-state index contributed by atoms with van der Waals surface area (Å²) in [5, 5.41) is 9.89. The molecule has 5 nitrogen and oxygen atoms in total. The van der Waals surface area contributed by atoms with Gasteiger partial charge in [0.2, 0.25) is 0 Å². The number of hydrogen-bond donors (Lipinski definition) is 1. The van der Waals surface area contributed by atoms with Gasteiger partial charge in [0.1, 0.15) is 17.6 Å². The van der Waals surface area contributed by atoms with Crippen LogP contribution in [0.15, 0.2) is 51.7 Å². The molecule has 0 aliphatic heterocycles. The fourth-order valence-corrected chi connectivity index (χ4v) is 3.73. The predicted molar refractivity (Wildman–Crippen MR) is 112 cm³/mol. The Morgan fingerprint density at radius 2 is 1.97 bits per heavy atom. The first kappa shape index (κ1) is 19.5. The number of carbonyl (C=O) groups is 1. The Hall–Kier alpha value is -2.79. The van der Waals surface area contributed by atoms with Crippen molar-refractivity contribution in [3.8, 4) is 17.1 Å². The van der Waals surface area contributed by atoms with Crippen LogP contribution in [0.4, 0.5) is 0 Å². The average molecular weight is 413 g/mol. The highest BCUT2D eigenvalue weighted by atomic mass is 35.5. The van der Waals surface area contributed by atoms with Crippen LogP contribution in [-0.2, 0) is 4.79 Å². The Bertz CT molecular complexity index is 1140. The minimum absolute atomic E-state index is 0.173. The minimum Gasteiger partial charge on any atom is -0.490 e. The number of hydrogen-bond acceptors (Lipinski definition) is 4. The molecule has 1 saturated carbocycles. The van der Waals surface area contributed by atoms with Gasteiger partial charge in [-0.1, -0.05) is 37.6 Å². The van der Waals surface area contributed by atoms with Crippen LogP contribution in [0.3, 0.4) is 0 Å². The van der Waals surface area contributed by atoms with Gasteiger partial charge in [0.05, 0.1) is 21.9 Å². The number of benzene rings is 2. The van der Waals surface area contributed by atoms with Crippen LogP contribution >= 0.6 is 11.6 Å². The molecule has 1 heterocycles. The third kappa shape index (κ3) is 3.75. The van der Waals surface area contributed by atoms with Crippen molar-refractivity contribution in [2.45, 2.75) is 38.7 Å². The third-order valence-corrected chi connectivity index (χ3v) is 5.68. The van der Waals surface area contributed by atoms with Gasteiger partial charge in [-0.05, 0) is 48.6 Å². The van der Waals surface area contributed by atoms with Crippen molar-refractivity contribution in [2.75, 3.05) is 0 Å². The van der Waals surface area contributed by atoms with Crippen molar-refractivity contribution in [1.29, 1.82) is 0 Å². The van der Waals surface area contributed by atoms with E-state index in [2.05, 4.69) is 13.8 Å². The SMILES string of the molecule is CC(C)c1ccc(-c2cc(=O)c3cccc(Cl)c3o2)c(O[C@H]2C[C@H](C(=O)O)C2)c1. The molecular formula is C23H21ClO5. The first-order valence-corrected chi connectivity index (χ1v) is 9.97. The van der Waals surface area contributed by atoms with Gasteiger partial charge in [-0.15, -0.1) is 0 Å². The van der Waals surface area contributed by atoms with E-state index in [9.17, 15) is 9.59 Å². The van der Waals surface area contributed by atoms with Gasteiger partial charge < -0.3 is 14.3 Å². The van der Waals surface area contributed by atoms with E-state index < -0.39 is 5.97 Å². The van der Waals surface area contributed by atoms with Crippen LogP contribution in [0.1, 0.15) is 38.2 Å². The van der Waals surface area contributed by atoms with Crippen molar-refractivity contribution in [3.63, 3.8) is 0 Å². The zero-order valence-electron chi connectivity index (χ0n) is 16.1. The molecule has 1 N–H and O–H groups in total. The normalized spacial score (nSPS) is 18.6. The molecule has 29 heavy (non-hydrogen) atoms. The van der Waals surface area contributed by atoms with E-state index in [0.29, 0.717) is 45.9 Å². The first-order valence-electron chi connectivity index (χ1n) is 9.59. The van der Waals surface area contributed by atoms with Crippen LogP contribution < -0.4 is 10.2 Å². The monoisotopic (exact) mass is 412 g/mol. The van der Waals surface area contributed by atoms with Crippen LogP contribution in [0.25, 0.3) is 22.3 Å². The molecule has 6 heteroatoms. The number of fused-ring (bicyclic) bond motifs is 1. The lowest BCUT2D eigenvalue weighted by Crippen LogP contribution is -2.38. The second kappa shape index (κ2) is 7.56. The second-order valence-electron chi connectivity index (χ2n) is 7.75. The summed E-state index contributed by atoms with van der Waals surface area (Å²) in [6.45, 7) is 4.16. The molecule has 0 spiro atoms. The number of ether oxygens (including phenoxy) is 1. The van der Waals surface area contributed by atoms with Gasteiger partial charge in [0, 0.05) is 6.07 Å². The molecule has 0 unspecified atom stereocenters. The molecule has 0 radical (unpaired) electrons. The molecule has 0 amide bonds. The Morgan fingerprint density at radius 3 is 2.66 bits per heavy atom. The molecule has 0 saturated heterocycles. The molecule has 1 fully saturated rings. The highest BCUT2D eigenvalue weighted by Crippen LogP contribution is 2.38. The highest BCUT2D eigenvalue weighted by molar-refractivity contribution is 6.34. The maximum absolute atomic E-state index is 12.6. The Kier molecular flexibility index (Phi) is 5.09. The minimum atomic E-state index is -0.795. The van der Waals surface area contributed by atoms with E-state index in [4.69, 9.17) is 25.9 Å². The summed E-state index contributed by atoms with van der Waals surface area (Å²) >= 11 is 6.24. The van der Waals surface area contributed by atoms with E-state index >= 15 is 0 Å². The predicted octanol–water partition coefficient (Wildman–Crippen LogP) is 5.48. The van der Waals surface area contributed by atoms with Crippen LogP contribution in [-0.4, -0.2) is 17.2 Å².